The van der Waals surface area contributed by atoms with Gasteiger partial charge in [0.2, 0.25) is 11.8 Å². The summed E-state index contributed by atoms with van der Waals surface area (Å²) in [5, 5.41) is 3.16. The Kier molecular flexibility index (Phi) is 9.95. The lowest BCUT2D eigenvalue weighted by Crippen LogP contribution is -2.50. The van der Waals surface area contributed by atoms with Gasteiger partial charge in [-0.25, -0.2) is 8.42 Å². The van der Waals surface area contributed by atoms with Gasteiger partial charge < -0.3 is 10.2 Å². The number of amides is 2. The van der Waals surface area contributed by atoms with E-state index in [0.29, 0.717) is 15.6 Å². The Morgan fingerprint density at radius 3 is 2.03 bits per heavy atom. The van der Waals surface area contributed by atoms with E-state index in [1.54, 1.807) is 30.3 Å². The van der Waals surface area contributed by atoms with E-state index in [-0.39, 0.29) is 27.2 Å². The minimum Gasteiger partial charge on any atom is -0.357 e. The van der Waals surface area contributed by atoms with Gasteiger partial charge >= 0.3 is 0 Å². The minimum atomic E-state index is -4.29. The predicted octanol–water partition coefficient (Wildman–Crippen LogP) is 5.97. The molecule has 7 nitrogen and oxygen atoms in total. The van der Waals surface area contributed by atoms with E-state index in [2.05, 4.69) is 5.32 Å². The number of nitrogens with zero attached hydrogens (tertiary/aromatic N) is 2. The summed E-state index contributed by atoms with van der Waals surface area (Å²) in [6.45, 7) is 2.52. The normalized spacial score (nSPS) is 12.1. The zero-order valence-electron chi connectivity index (χ0n) is 20.7. The van der Waals surface area contributed by atoms with Crippen molar-refractivity contribution < 1.29 is 18.0 Å². The van der Waals surface area contributed by atoms with Crippen LogP contribution >= 0.6 is 46.4 Å². The van der Waals surface area contributed by atoms with Crippen LogP contribution < -0.4 is 9.62 Å². The number of aryl methyl sites for hydroxylation is 1. The molecule has 0 fully saturated rings. The number of halogens is 4. The molecule has 12 heteroatoms. The van der Waals surface area contributed by atoms with E-state index in [1.165, 1.54) is 49.2 Å². The molecule has 0 radical (unpaired) electrons. The van der Waals surface area contributed by atoms with Crippen LogP contribution in [0, 0.1) is 6.92 Å². The quantitative estimate of drug-likeness (QED) is 0.321. The van der Waals surface area contributed by atoms with Crippen LogP contribution in [0.3, 0.4) is 0 Å². The summed E-state index contributed by atoms with van der Waals surface area (Å²) in [4.78, 5) is 27.6. The molecule has 0 saturated carbocycles. The smallest absolute Gasteiger partial charge is 0.264 e. The Morgan fingerprint density at radius 2 is 1.45 bits per heavy atom. The fourth-order valence-electron chi connectivity index (χ4n) is 3.68. The zero-order valence-corrected chi connectivity index (χ0v) is 24.6. The number of sulfonamides is 1. The molecule has 1 N–H and O–H groups in total. The van der Waals surface area contributed by atoms with Crippen LogP contribution in [0.1, 0.15) is 18.1 Å². The molecule has 1 atom stereocenters. The fraction of sp³-hybridized carbons (Fsp3) is 0.231. The van der Waals surface area contributed by atoms with E-state index < -0.39 is 34.4 Å². The summed E-state index contributed by atoms with van der Waals surface area (Å²) in [5.74, 6) is -1.15. The zero-order chi connectivity index (χ0) is 28.2. The molecule has 0 saturated heterocycles. The molecule has 38 heavy (non-hydrogen) atoms. The molecule has 3 rings (SSSR count). The average molecular weight is 617 g/mol. The van der Waals surface area contributed by atoms with Gasteiger partial charge in [0.1, 0.15) is 12.6 Å². The van der Waals surface area contributed by atoms with Crippen molar-refractivity contribution >= 4 is 73.9 Å². The SMILES string of the molecule is CNC(=O)[C@@H](C)N(Cc1c(Cl)cccc1Cl)C(=O)CN(c1cccc(Cl)c1Cl)S(=O)(=O)c1ccc(C)cc1. The maximum Gasteiger partial charge on any atom is 0.264 e. The van der Waals surface area contributed by atoms with Crippen molar-refractivity contribution in [3.8, 4) is 0 Å². The van der Waals surface area contributed by atoms with E-state index in [4.69, 9.17) is 46.4 Å². The monoisotopic (exact) mass is 615 g/mol. The van der Waals surface area contributed by atoms with Gasteiger partial charge in [0, 0.05) is 29.2 Å². The number of nitrogens with one attached hydrogen (secondary N) is 1. The molecule has 3 aromatic rings. The Labute approximate surface area is 242 Å². The fourth-order valence-corrected chi connectivity index (χ4v) is 6.07. The van der Waals surface area contributed by atoms with Crippen molar-refractivity contribution in [2.24, 2.45) is 0 Å². The predicted molar refractivity (Wildman–Crippen MR) is 153 cm³/mol. The molecule has 0 aliphatic carbocycles. The first-order valence-corrected chi connectivity index (χ1v) is 14.3. The minimum absolute atomic E-state index is 0.0106. The second kappa shape index (κ2) is 12.6. The number of anilines is 1. The highest BCUT2D eigenvalue weighted by atomic mass is 35.5. The van der Waals surface area contributed by atoms with Crippen molar-refractivity contribution in [1.29, 1.82) is 0 Å². The van der Waals surface area contributed by atoms with E-state index in [1.807, 2.05) is 6.92 Å². The van der Waals surface area contributed by atoms with Gasteiger partial charge in [0.25, 0.3) is 10.0 Å². The third kappa shape index (κ3) is 6.55. The number of hydrogen-bond acceptors (Lipinski definition) is 4. The maximum absolute atomic E-state index is 13.8. The van der Waals surface area contributed by atoms with Gasteiger partial charge in [0.05, 0.1) is 20.6 Å². The first-order valence-electron chi connectivity index (χ1n) is 11.4. The molecule has 2 amide bonds. The van der Waals surface area contributed by atoms with Crippen molar-refractivity contribution in [2.75, 3.05) is 17.9 Å². The summed E-state index contributed by atoms with van der Waals surface area (Å²) >= 11 is 25.3. The molecule has 0 bridgehead atoms. The van der Waals surface area contributed by atoms with Gasteiger partial charge in [-0.1, -0.05) is 76.2 Å². The molecule has 0 unspecified atom stereocenters. The summed E-state index contributed by atoms with van der Waals surface area (Å²) in [6.07, 6.45) is 0. The highest BCUT2D eigenvalue weighted by Gasteiger charge is 2.34. The van der Waals surface area contributed by atoms with Gasteiger partial charge in [0.15, 0.2) is 0 Å². The second-order valence-electron chi connectivity index (χ2n) is 8.41. The van der Waals surface area contributed by atoms with E-state index >= 15 is 0 Å². The van der Waals surface area contributed by atoms with Crippen molar-refractivity contribution in [3.05, 3.63) is 91.9 Å². The third-order valence-corrected chi connectivity index (χ3v) is 9.18. The number of carbonyl (C=O) groups excluding carboxylic acids is 2. The van der Waals surface area contributed by atoms with Gasteiger partial charge in [-0.05, 0) is 50.2 Å². The highest BCUT2D eigenvalue weighted by molar-refractivity contribution is 7.92. The summed E-state index contributed by atoms with van der Waals surface area (Å²) < 4.78 is 28.5. The van der Waals surface area contributed by atoms with E-state index in [9.17, 15) is 18.0 Å². The Bertz CT molecular complexity index is 1430. The van der Waals surface area contributed by atoms with Crippen LogP contribution in [-0.2, 0) is 26.2 Å². The molecular weight excluding hydrogens is 592 g/mol. The van der Waals surface area contributed by atoms with E-state index in [0.717, 1.165) is 9.87 Å². The topological polar surface area (TPSA) is 86.8 Å². The first kappa shape index (κ1) is 30.1. The van der Waals surface area contributed by atoms with Gasteiger partial charge in [-0.3, -0.25) is 13.9 Å². The molecule has 0 heterocycles. The van der Waals surface area contributed by atoms with Crippen LogP contribution in [0.25, 0.3) is 0 Å². The number of hydrogen-bond donors (Lipinski definition) is 1. The van der Waals surface area contributed by atoms with Crippen LogP contribution in [-0.4, -0.2) is 44.8 Å². The van der Waals surface area contributed by atoms with Crippen LogP contribution in [0.15, 0.2) is 65.6 Å². The molecule has 0 aromatic heterocycles. The second-order valence-corrected chi connectivity index (χ2v) is 11.9. The molecule has 0 aliphatic rings. The maximum atomic E-state index is 13.8. The highest BCUT2D eigenvalue weighted by Crippen LogP contribution is 2.36. The lowest BCUT2D eigenvalue weighted by atomic mass is 10.1. The van der Waals surface area contributed by atoms with Crippen LogP contribution in [0.4, 0.5) is 5.69 Å². The van der Waals surface area contributed by atoms with Crippen molar-refractivity contribution in [1.82, 2.24) is 10.2 Å². The molecule has 3 aromatic carbocycles. The van der Waals surface area contributed by atoms with Crippen molar-refractivity contribution in [2.45, 2.75) is 31.3 Å². The number of rotatable bonds is 9. The average Bonchev–Trinajstić information content (AvgIpc) is 2.88. The number of carbonyl (C=O) groups is 2. The summed E-state index contributed by atoms with van der Waals surface area (Å²) in [7, 11) is -2.85. The molecular formula is C26H25Cl4N3O4S. The molecule has 202 valence electrons. The Hall–Kier alpha value is -2.49. The lowest BCUT2D eigenvalue weighted by Gasteiger charge is -2.32. The largest absolute Gasteiger partial charge is 0.357 e. The van der Waals surface area contributed by atoms with Crippen LogP contribution in [0.2, 0.25) is 20.1 Å². The summed E-state index contributed by atoms with van der Waals surface area (Å²) in [6, 6.07) is 14.5. The van der Waals surface area contributed by atoms with Crippen molar-refractivity contribution in [3.63, 3.8) is 0 Å². The number of benzene rings is 3. The lowest BCUT2D eigenvalue weighted by molar-refractivity contribution is -0.139. The van der Waals surface area contributed by atoms with Crippen LogP contribution in [0.5, 0.6) is 0 Å². The standard InChI is InChI=1S/C26H25Cl4N3O4S/c1-16-10-12-18(13-11-16)38(36,37)33(23-9-5-8-22(29)25(23)30)15-24(34)32(17(2)26(35)31-3)14-19-20(27)6-4-7-21(19)28/h4-13,17H,14-15H2,1-3H3,(H,31,35)/t17-/m1/s1. The van der Waals surface area contributed by atoms with Gasteiger partial charge in [-0.2, -0.15) is 0 Å². The van der Waals surface area contributed by atoms with Gasteiger partial charge in [-0.15, -0.1) is 0 Å². The summed E-state index contributed by atoms with van der Waals surface area (Å²) in [5.41, 5.74) is 1.28. The molecule has 0 aliphatic heterocycles. The Morgan fingerprint density at radius 1 is 0.895 bits per heavy atom. The molecule has 0 spiro atoms. The number of likely N-dealkylation sites (N-methyl/N-ethyl adjacent to an activating group) is 1. The Balaban J connectivity index is 2.11. The third-order valence-electron chi connectivity index (χ3n) is 5.89. The first-order chi connectivity index (χ1) is 17.9.